The number of anilines is 2. The van der Waals surface area contributed by atoms with Crippen LogP contribution in [0.25, 0.3) is 0 Å². The number of nitrogens with zero attached hydrogens (tertiary/aromatic N) is 2. The Morgan fingerprint density at radius 2 is 1.92 bits per heavy atom. The van der Waals surface area contributed by atoms with Crippen molar-refractivity contribution in [2.45, 2.75) is 25.6 Å². The molecule has 3 heterocycles. The van der Waals surface area contributed by atoms with Gasteiger partial charge in [-0.3, -0.25) is 4.79 Å². The van der Waals surface area contributed by atoms with Crippen LogP contribution in [0.2, 0.25) is 0 Å². The van der Waals surface area contributed by atoms with E-state index in [0.29, 0.717) is 18.8 Å². The van der Waals surface area contributed by atoms with Crippen LogP contribution >= 0.6 is 0 Å². The number of ether oxygens (including phenoxy) is 2. The van der Waals surface area contributed by atoms with E-state index in [1.165, 1.54) is 0 Å². The van der Waals surface area contributed by atoms with E-state index in [0.717, 1.165) is 43.0 Å². The number of amides is 1. The highest BCUT2D eigenvalue weighted by molar-refractivity contribution is 6.04. The summed E-state index contributed by atoms with van der Waals surface area (Å²) in [6, 6.07) is 11.5. The van der Waals surface area contributed by atoms with Gasteiger partial charge in [0.25, 0.3) is 5.91 Å². The smallest absolute Gasteiger partial charge is 0.257 e. The Bertz CT molecular complexity index is 775. The summed E-state index contributed by atoms with van der Waals surface area (Å²) in [7, 11) is 0. The first-order valence-corrected chi connectivity index (χ1v) is 9.01. The second-order valence-electron chi connectivity index (χ2n) is 6.82. The van der Waals surface area contributed by atoms with Crippen LogP contribution in [0.4, 0.5) is 11.5 Å². The van der Waals surface area contributed by atoms with Crippen molar-refractivity contribution in [1.29, 1.82) is 0 Å². The number of hydrogen-bond donors (Lipinski definition) is 1. The van der Waals surface area contributed by atoms with Gasteiger partial charge in [-0.1, -0.05) is 12.1 Å². The van der Waals surface area contributed by atoms with Gasteiger partial charge in [0, 0.05) is 37.8 Å². The predicted octanol–water partition coefficient (Wildman–Crippen LogP) is 2.99. The van der Waals surface area contributed by atoms with Crippen molar-refractivity contribution in [2.75, 3.05) is 36.5 Å². The summed E-state index contributed by atoms with van der Waals surface area (Å²) in [4.78, 5) is 19.1. The van der Waals surface area contributed by atoms with Gasteiger partial charge < -0.3 is 19.7 Å². The predicted molar refractivity (Wildman–Crippen MR) is 99.5 cm³/mol. The van der Waals surface area contributed by atoms with E-state index < -0.39 is 0 Å². The minimum absolute atomic E-state index is 0.153. The highest BCUT2D eigenvalue weighted by Crippen LogP contribution is 2.32. The molecule has 0 unspecified atom stereocenters. The summed E-state index contributed by atoms with van der Waals surface area (Å²) in [5.74, 6) is 0.342. The number of piperidine rings is 1. The lowest BCUT2D eigenvalue weighted by molar-refractivity contribution is -0.169. The Labute approximate surface area is 153 Å². The maximum Gasteiger partial charge on any atom is 0.257 e. The molecule has 6 heteroatoms. The first-order chi connectivity index (χ1) is 12.6. The molecule has 0 aliphatic carbocycles. The summed E-state index contributed by atoms with van der Waals surface area (Å²) in [6.07, 6.45) is 3.31. The minimum Gasteiger partial charge on any atom is -0.356 e. The molecule has 2 saturated heterocycles. The molecule has 2 aliphatic heterocycles. The Hall–Kier alpha value is -2.44. The molecule has 1 N–H and O–H groups in total. The topological polar surface area (TPSA) is 63.7 Å². The third-order valence-corrected chi connectivity index (χ3v) is 4.95. The largest absolute Gasteiger partial charge is 0.356 e. The number of carbonyl (C=O) groups excluding carboxylic acids is 1. The number of benzene rings is 1. The quantitative estimate of drug-likeness (QED) is 0.919. The van der Waals surface area contributed by atoms with Gasteiger partial charge in [-0.25, -0.2) is 4.98 Å². The lowest BCUT2D eigenvalue weighted by Gasteiger charge is -2.38. The summed E-state index contributed by atoms with van der Waals surface area (Å²) < 4.78 is 11.5. The zero-order valence-corrected chi connectivity index (χ0v) is 14.9. The Kier molecular flexibility index (Phi) is 4.61. The van der Waals surface area contributed by atoms with E-state index in [4.69, 9.17) is 9.47 Å². The maximum atomic E-state index is 12.4. The van der Waals surface area contributed by atoms with E-state index in [1.54, 1.807) is 6.20 Å². The van der Waals surface area contributed by atoms with Gasteiger partial charge in [0.05, 0.1) is 18.8 Å². The molecular weight excluding hydrogens is 330 g/mol. The second-order valence-corrected chi connectivity index (χ2v) is 6.82. The van der Waals surface area contributed by atoms with Crippen LogP contribution in [0.15, 0.2) is 42.6 Å². The van der Waals surface area contributed by atoms with Crippen molar-refractivity contribution in [1.82, 2.24) is 4.98 Å². The highest BCUT2D eigenvalue weighted by atomic mass is 16.7. The van der Waals surface area contributed by atoms with Crippen molar-refractivity contribution < 1.29 is 14.3 Å². The molecule has 0 saturated carbocycles. The number of hydrogen-bond acceptors (Lipinski definition) is 5. The Morgan fingerprint density at radius 1 is 1.15 bits per heavy atom. The number of pyridine rings is 1. The second kappa shape index (κ2) is 7.05. The molecule has 1 aromatic heterocycles. The molecule has 1 amide bonds. The molecule has 1 aromatic carbocycles. The van der Waals surface area contributed by atoms with Gasteiger partial charge >= 0.3 is 0 Å². The standard InChI is InChI=1S/C20H23N3O3/c1-15-3-2-4-17(13-15)22-19(24)16-5-6-18(21-14-16)23-9-7-20(8-10-23)25-11-12-26-20/h2-6,13-14H,7-12H2,1H3,(H,22,24). The normalized spacial score (nSPS) is 18.9. The van der Waals surface area contributed by atoms with Crippen molar-refractivity contribution in [3.05, 3.63) is 53.7 Å². The van der Waals surface area contributed by atoms with E-state index in [9.17, 15) is 4.79 Å². The van der Waals surface area contributed by atoms with E-state index in [2.05, 4.69) is 15.2 Å². The highest BCUT2D eigenvalue weighted by Gasteiger charge is 2.39. The third-order valence-electron chi connectivity index (χ3n) is 4.95. The number of aryl methyl sites for hydroxylation is 1. The van der Waals surface area contributed by atoms with E-state index in [1.807, 2.05) is 43.3 Å². The van der Waals surface area contributed by atoms with E-state index >= 15 is 0 Å². The molecule has 2 aliphatic rings. The average Bonchev–Trinajstić information content (AvgIpc) is 3.11. The van der Waals surface area contributed by atoms with Crippen LogP contribution in [0, 0.1) is 6.92 Å². The van der Waals surface area contributed by atoms with Crippen molar-refractivity contribution in [3.63, 3.8) is 0 Å². The fourth-order valence-corrected chi connectivity index (χ4v) is 3.50. The van der Waals surface area contributed by atoms with Crippen LogP contribution in [-0.4, -0.2) is 43.0 Å². The van der Waals surface area contributed by atoms with Crippen LogP contribution in [0.1, 0.15) is 28.8 Å². The van der Waals surface area contributed by atoms with Crippen LogP contribution in [0.5, 0.6) is 0 Å². The van der Waals surface area contributed by atoms with Gasteiger partial charge in [-0.15, -0.1) is 0 Å². The number of carbonyl (C=O) groups is 1. The van der Waals surface area contributed by atoms with Gasteiger partial charge in [0.2, 0.25) is 0 Å². The van der Waals surface area contributed by atoms with Gasteiger partial charge in [-0.2, -0.15) is 0 Å². The van der Waals surface area contributed by atoms with Crippen LogP contribution in [-0.2, 0) is 9.47 Å². The molecule has 4 rings (SSSR count). The van der Waals surface area contributed by atoms with Crippen molar-refractivity contribution >= 4 is 17.4 Å². The zero-order valence-electron chi connectivity index (χ0n) is 14.9. The fraction of sp³-hybridized carbons (Fsp3) is 0.400. The molecule has 0 bridgehead atoms. The number of nitrogens with one attached hydrogen (secondary N) is 1. The van der Waals surface area contributed by atoms with Crippen molar-refractivity contribution in [3.8, 4) is 0 Å². The van der Waals surface area contributed by atoms with Gasteiger partial charge in [0.1, 0.15) is 5.82 Å². The van der Waals surface area contributed by atoms with Gasteiger partial charge in [0.15, 0.2) is 5.79 Å². The molecule has 136 valence electrons. The van der Waals surface area contributed by atoms with Crippen LogP contribution in [0.3, 0.4) is 0 Å². The average molecular weight is 353 g/mol. The third kappa shape index (κ3) is 3.57. The SMILES string of the molecule is Cc1cccc(NC(=O)c2ccc(N3CCC4(CC3)OCCO4)nc2)c1. The molecule has 6 nitrogen and oxygen atoms in total. The zero-order chi connectivity index (χ0) is 18.0. The monoisotopic (exact) mass is 353 g/mol. The molecule has 2 aromatic rings. The maximum absolute atomic E-state index is 12.4. The molecule has 2 fully saturated rings. The number of rotatable bonds is 3. The lowest BCUT2D eigenvalue weighted by atomic mass is 10.0. The fourth-order valence-electron chi connectivity index (χ4n) is 3.50. The molecule has 26 heavy (non-hydrogen) atoms. The molecule has 0 radical (unpaired) electrons. The van der Waals surface area contributed by atoms with E-state index in [-0.39, 0.29) is 11.7 Å². The molecule has 1 spiro atoms. The lowest BCUT2D eigenvalue weighted by Crippen LogP contribution is -2.45. The summed E-state index contributed by atoms with van der Waals surface area (Å²) in [5.41, 5.74) is 2.44. The first-order valence-electron chi connectivity index (χ1n) is 9.01. The first kappa shape index (κ1) is 17.0. The summed E-state index contributed by atoms with van der Waals surface area (Å²) in [5, 5.41) is 2.91. The summed E-state index contributed by atoms with van der Waals surface area (Å²) in [6.45, 7) is 5.03. The molecule has 0 atom stereocenters. The van der Waals surface area contributed by atoms with Crippen molar-refractivity contribution in [2.24, 2.45) is 0 Å². The number of aromatic nitrogens is 1. The van der Waals surface area contributed by atoms with Gasteiger partial charge in [-0.05, 0) is 36.8 Å². The van der Waals surface area contributed by atoms with Crippen LogP contribution < -0.4 is 10.2 Å². The molecular formula is C20H23N3O3. The Morgan fingerprint density at radius 3 is 2.58 bits per heavy atom. The minimum atomic E-state index is -0.385. The summed E-state index contributed by atoms with van der Waals surface area (Å²) >= 11 is 0. The Balaban J connectivity index is 1.38.